The molecule has 25 heavy (non-hydrogen) atoms. The van der Waals surface area contributed by atoms with E-state index < -0.39 is 24.0 Å². The van der Waals surface area contributed by atoms with Gasteiger partial charge in [0.05, 0.1) is 5.56 Å². The zero-order valence-electron chi connectivity index (χ0n) is 13.5. The first-order valence-electron chi connectivity index (χ1n) is 7.61. The summed E-state index contributed by atoms with van der Waals surface area (Å²) in [7, 11) is 0. The normalized spacial score (nSPS) is 11.3. The van der Waals surface area contributed by atoms with Gasteiger partial charge < -0.3 is 10.1 Å². The molecule has 1 atom stereocenters. The molecule has 0 fully saturated rings. The summed E-state index contributed by atoms with van der Waals surface area (Å²) in [6.07, 6.45) is -1.24. The SMILES string of the molecule is CCNC(=O)NC(=O)[C@@H](OC(=O)c1cccc(Br)c1)c1ccccc1. The number of halogens is 1. The highest BCUT2D eigenvalue weighted by Gasteiger charge is 2.27. The average molecular weight is 405 g/mol. The molecule has 0 aliphatic carbocycles. The van der Waals surface area contributed by atoms with Crippen LogP contribution in [-0.2, 0) is 9.53 Å². The molecule has 0 aliphatic heterocycles. The van der Waals surface area contributed by atoms with Crippen LogP contribution in [0.5, 0.6) is 0 Å². The van der Waals surface area contributed by atoms with E-state index >= 15 is 0 Å². The molecule has 0 saturated heterocycles. The summed E-state index contributed by atoms with van der Waals surface area (Å²) in [5.74, 6) is -1.39. The van der Waals surface area contributed by atoms with Crippen molar-refractivity contribution in [2.75, 3.05) is 6.54 Å². The fourth-order valence-electron chi connectivity index (χ4n) is 2.07. The molecule has 0 unspecified atom stereocenters. The Balaban J connectivity index is 2.21. The predicted molar refractivity (Wildman–Crippen MR) is 96.0 cm³/mol. The van der Waals surface area contributed by atoms with E-state index in [1.54, 1.807) is 61.5 Å². The van der Waals surface area contributed by atoms with Gasteiger partial charge in [0.1, 0.15) is 0 Å². The third kappa shape index (κ3) is 5.42. The number of urea groups is 1. The molecule has 0 aliphatic rings. The van der Waals surface area contributed by atoms with E-state index in [1.165, 1.54) is 0 Å². The van der Waals surface area contributed by atoms with Crippen molar-refractivity contribution in [2.24, 2.45) is 0 Å². The van der Waals surface area contributed by atoms with Crippen molar-refractivity contribution in [3.05, 3.63) is 70.2 Å². The largest absolute Gasteiger partial charge is 0.444 e. The van der Waals surface area contributed by atoms with Gasteiger partial charge in [-0.3, -0.25) is 10.1 Å². The Morgan fingerprint density at radius 1 is 1.08 bits per heavy atom. The van der Waals surface area contributed by atoms with Crippen LogP contribution in [0.1, 0.15) is 28.9 Å². The number of amides is 3. The highest BCUT2D eigenvalue weighted by molar-refractivity contribution is 9.10. The first-order chi connectivity index (χ1) is 12.0. The molecular weight excluding hydrogens is 388 g/mol. The van der Waals surface area contributed by atoms with Gasteiger partial charge >= 0.3 is 12.0 Å². The maximum absolute atomic E-state index is 12.4. The summed E-state index contributed by atoms with van der Waals surface area (Å²) in [5.41, 5.74) is 0.758. The lowest BCUT2D eigenvalue weighted by Gasteiger charge is -2.17. The second kappa shape index (κ2) is 8.98. The Labute approximate surface area is 153 Å². The van der Waals surface area contributed by atoms with Gasteiger partial charge in [-0.1, -0.05) is 52.3 Å². The minimum absolute atomic E-state index is 0.293. The fourth-order valence-corrected chi connectivity index (χ4v) is 2.47. The number of imide groups is 1. The summed E-state index contributed by atoms with van der Waals surface area (Å²) in [5, 5.41) is 4.63. The van der Waals surface area contributed by atoms with Crippen LogP contribution >= 0.6 is 15.9 Å². The summed E-state index contributed by atoms with van der Waals surface area (Å²) >= 11 is 3.28. The predicted octanol–water partition coefficient (Wildman–Crippen LogP) is 3.19. The van der Waals surface area contributed by atoms with Crippen molar-refractivity contribution in [1.29, 1.82) is 0 Å². The van der Waals surface area contributed by atoms with Crippen molar-refractivity contribution in [3.63, 3.8) is 0 Å². The molecule has 2 aromatic rings. The van der Waals surface area contributed by atoms with E-state index in [0.29, 0.717) is 22.1 Å². The molecule has 130 valence electrons. The molecule has 2 N–H and O–H groups in total. The molecule has 0 spiro atoms. The number of esters is 1. The van der Waals surface area contributed by atoms with Crippen molar-refractivity contribution < 1.29 is 19.1 Å². The van der Waals surface area contributed by atoms with E-state index in [2.05, 4.69) is 26.6 Å². The van der Waals surface area contributed by atoms with Gasteiger partial charge in [-0.25, -0.2) is 9.59 Å². The highest BCUT2D eigenvalue weighted by atomic mass is 79.9. The van der Waals surface area contributed by atoms with Gasteiger partial charge in [-0.2, -0.15) is 0 Å². The van der Waals surface area contributed by atoms with Crippen LogP contribution in [0.2, 0.25) is 0 Å². The number of rotatable bonds is 5. The lowest BCUT2D eigenvalue weighted by atomic mass is 10.1. The topological polar surface area (TPSA) is 84.5 Å². The molecule has 7 heteroatoms. The Bertz CT molecular complexity index is 765. The van der Waals surface area contributed by atoms with Crippen LogP contribution in [0.25, 0.3) is 0 Å². The zero-order valence-corrected chi connectivity index (χ0v) is 15.1. The third-order valence-corrected chi connectivity index (χ3v) is 3.69. The van der Waals surface area contributed by atoms with Crippen LogP contribution < -0.4 is 10.6 Å². The molecule has 0 radical (unpaired) electrons. The van der Waals surface area contributed by atoms with Crippen LogP contribution in [0.4, 0.5) is 4.79 Å². The minimum Gasteiger partial charge on any atom is -0.444 e. The smallest absolute Gasteiger partial charge is 0.339 e. The lowest BCUT2D eigenvalue weighted by Crippen LogP contribution is -2.42. The zero-order chi connectivity index (χ0) is 18.2. The Kier molecular flexibility index (Phi) is 6.71. The second-order valence-electron chi connectivity index (χ2n) is 5.06. The van der Waals surface area contributed by atoms with Crippen LogP contribution in [0, 0.1) is 0 Å². The second-order valence-corrected chi connectivity index (χ2v) is 5.97. The maximum atomic E-state index is 12.4. The van der Waals surface area contributed by atoms with Gasteiger partial charge in [-0.05, 0) is 25.1 Å². The monoisotopic (exact) mass is 404 g/mol. The van der Waals surface area contributed by atoms with Crippen LogP contribution in [-0.4, -0.2) is 24.5 Å². The summed E-state index contributed by atoms with van der Waals surface area (Å²) < 4.78 is 6.08. The quantitative estimate of drug-likeness (QED) is 0.749. The molecule has 0 saturated carbocycles. The standard InChI is InChI=1S/C18H17BrN2O4/c1-2-20-18(24)21-16(22)15(12-7-4-3-5-8-12)25-17(23)13-9-6-10-14(19)11-13/h3-11,15H,2H2,1H3,(H2,20,21,22,24)/t15-/m0/s1. The van der Waals surface area contributed by atoms with Gasteiger partial charge in [0, 0.05) is 16.6 Å². The lowest BCUT2D eigenvalue weighted by molar-refractivity contribution is -0.129. The van der Waals surface area contributed by atoms with E-state index in [1.807, 2.05) is 0 Å². The summed E-state index contributed by atoms with van der Waals surface area (Å²) in [6.45, 7) is 2.10. The molecule has 0 aromatic heterocycles. The average Bonchev–Trinajstić information content (AvgIpc) is 2.60. The number of ether oxygens (including phenoxy) is 1. The number of carbonyl (C=O) groups is 3. The molecule has 2 aromatic carbocycles. The Hall–Kier alpha value is -2.67. The molecule has 2 rings (SSSR count). The maximum Gasteiger partial charge on any atom is 0.339 e. The number of hydrogen-bond donors (Lipinski definition) is 2. The molecular formula is C18H17BrN2O4. The van der Waals surface area contributed by atoms with Gasteiger partial charge in [0.25, 0.3) is 5.91 Å². The number of nitrogens with one attached hydrogen (secondary N) is 2. The van der Waals surface area contributed by atoms with Crippen LogP contribution in [0.3, 0.4) is 0 Å². The van der Waals surface area contributed by atoms with Gasteiger partial charge in [0.15, 0.2) is 0 Å². The summed E-state index contributed by atoms with van der Waals surface area (Å²) in [4.78, 5) is 36.4. The molecule has 3 amide bonds. The number of hydrogen-bond acceptors (Lipinski definition) is 4. The van der Waals surface area contributed by atoms with Crippen molar-refractivity contribution in [1.82, 2.24) is 10.6 Å². The minimum atomic E-state index is -1.24. The molecule has 0 bridgehead atoms. The van der Waals surface area contributed by atoms with E-state index in [9.17, 15) is 14.4 Å². The van der Waals surface area contributed by atoms with Crippen molar-refractivity contribution in [3.8, 4) is 0 Å². The number of benzene rings is 2. The van der Waals surface area contributed by atoms with Gasteiger partial charge in [-0.15, -0.1) is 0 Å². The van der Waals surface area contributed by atoms with Gasteiger partial charge in [0.2, 0.25) is 6.10 Å². The fraction of sp³-hybridized carbons (Fsp3) is 0.167. The molecule has 0 heterocycles. The van der Waals surface area contributed by atoms with E-state index in [-0.39, 0.29) is 0 Å². The summed E-state index contributed by atoms with van der Waals surface area (Å²) in [6, 6.07) is 14.5. The first kappa shape index (κ1) is 18.7. The third-order valence-electron chi connectivity index (χ3n) is 3.20. The van der Waals surface area contributed by atoms with E-state index in [4.69, 9.17) is 4.74 Å². The number of carbonyl (C=O) groups excluding carboxylic acids is 3. The molecule has 6 nitrogen and oxygen atoms in total. The van der Waals surface area contributed by atoms with Crippen molar-refractivity contribution in [2.45, 2.75) is 13.0 Å². The Morgan fingerprint density at radius 3 is 2.44 bits per heavy atom. The van der Waals surface area contributed by atoms with Crippen molar-refractivity contribution >= 4 is 33.8 Å². The Morgan fingerprint density at radius 2 is 1.80 bits per heavy atom. The highest BCUT2D eigenvalue weighted by Crippen LogP contribution is 2.21. The van der Waals surface area contributed by atoms with E-state index in [0.717, 1.165) is 0 Å². The van der Waals surface area contributed by atoms with Crippen LogP contribution in [0.15, 0.2) is 59.1 Å². The first-order valence-corrected chi connectivity index (χ1v) is 8.40.